The van der Waals surface area contributed by atoms with Gasteiger partial charge in [0.15, 0.2) is 0 Å². The Bertz CT molecular complexity index is 3240. The summed E-state index contributed by atoms with van der Waals surface area (Å²) in [6.07, 6.45) is 0. The van der Waals surface area contributed by atoms with Crippen LogP contribution in [0.25, 0.3) is 66.4 Å². The molecule has 1 heteroatoms. The Morgan fingerprint density at radius 3 is 1.60 bits per heavy atom. The van der Waals surface area contributed by atoms with E-state index in [1.165, 1.54) is 94.2 Å². The summed E-state index contributed by atoms with van der Waals surface area (Å²) in [7, 11) is 0. The van der Waals surface area contributed by atoms with E-state index < -0.39 is 0 Å². The zero-order valence-corrected chi connectivity index (χ0v) is 37.4. The minimum atomic E-state index is -0.0974. The molecule has 0 aromatic heterocycles. The molecule has 0 N–H and O–H groups in total. The lowest BCUT2D eigenvalue weighted by Crippen LogP contribution is -2.15. The largest absolute Gasteiger partial charge is 0.310 e. The average molecular weight is 812 g/mol. The molecule has 0 spiro atoms. The van der Waals surface area contributed by atoms with E-state index in [4.69, 9.17) is 0 Å². The first-order valence-electron chi connectivity index (χ1n) is 22.5. The highest BCUT2D eigenvalue weighted by Crippen LogP contribution is 2.55. The van der Waals surface area contributed by atoms with Gasteiger partial charge in [-0.15, -0.1) is 0 Å². The Kier molecular flexibility index (Phi) is 8.83. The van der Waals surface area contributed by atoms with Crippen molar-refractivity contribution >= 4 is 27.8 Å². The van der Waals surface area contributed by atoms with Crippen molar-refractivity contribution in [2.45, 2.75) is 64.7 Å². The molecule has 0 saturated carbocycles. The van der Waals surface area contributed by atoms with Crippen molar-refractivity contribution in [1.29, 1.82) is 0 Å². The van der Waals surface area contributed by atoms with Gasteiger partial charge in [0, 0.05) is 27.8 Å². The van der Waals surface area contributed by atoms with Gasteiger partial charge in [0.25, 0.3) is 0 Å². The summed E-state index contributed by atoms with van der Waals surface area (Å²) >= 11 is 0. The molecule has 0 aliphatic heterocycles. The van der Waals surface area contributed by atoms with Gasteiger partial charge in [-0.25, -0.2) is 0 Å². The standard InChI is InChI=1S/C62H53N/c1-60(2,3)43-32-27-40(28-33-43)41-29-34-44(35-30-41)63(45-36-37-55-52(39-45)48-20-12-14-24-53(48)61(55,4)5)57-38-31-42-17-8-9-18-46(42)59(57)50-21-11-10-19-47(50)49-23-16-26-56-58(49)51-22-13-15-25-54(51)62(56,6)7/h8-39H,1-7H3. The Hall–Kier alpha value is -6.96. The summed E-state index contributed by atoms with van der Waals surface area (Å²) in [6.45, 7) is 16.3. The van der Waals surface area contributed by atoms with Crippen LogP contribution in [0.4, 0.5) is 17.1 Å². The zero-order chi connectivity index (χ0) is 43.3. The fraction of sp³-hybridized carbons (Fsp3) is 0.161. The molecule has 0 radical (unpaired) electrons. The van der Waals surface area contributed by atoms with Crippen LogP contribution in [0.2, 0.25) is 0 Å². The van der Waals surface area contributed by atoms with Crippen LogP contribution in [0.3, 0.4) is 0 Å². The topological polar surface area (TPSA) is 3.24 Å². The number of hydrogen-bond acceptors (Lipinski definition) is 1. The van der Waals surface area contributed by atoms with E-state index in [9.17, 15) is 0 Å². The minimum Gasteiger partial charge on any atom is -0.310 e. The first-order chi connectivity index (χ1) is 30.4. The smallest absolute Gasteiger partial charge is 0.0546 e. The van der Waals surface area contributed by atoms with Gasteiger partial charge in [0.05, 0.1) is 5.69 Å². The molecule has 2 aliphatic rings. The van der Waals surface area contributed by atoms with Gasteiger partial charge in [-0.2, -0.15) is 0 Å². The molecule has 0 bridgehead atoms. The van der Waals surface area contributed by atoms with Crippen LogP contribution in [0.1, 0.15) is 76.3 Å². The molecule has 2 aliphatic carbocycles. The van der Waals surface area contributed by atoms with Crippen molar-refractivity contribution in [2.75, 3.05) is 4.90 Å². The molecule has 0 heterocycles. The first-order valence-corrected chi connectivity index (χ1v) is 22.5. The molecule has 9 aromatic carbocycles. The van der Waals surface area contributed by atoms with Gasteiger partial charge < -0.3 is 4.90 Å². The van der Waals surface area contributed by atoms with Crippen molar-refractivity contribution in [1.82, 2.24) is 0 Å². The monoisotopic (exact) mass is 811 g/mol. The first kappa shape index (κ1) is 38.9. The van der Waals surface area contributed by atoms with Crippen LogP contribution in [-0.2, 0) is 16.2 Å². The van der Waals surface area contributed by atoms with E-state index in [0.29, 0.717) is 0 Å². The second-order valence-electron chi connectivity index (χ2n) is 19.7. The summed E-state index contributed by atoms with van der Waals surface area (Å²) in [5.41, 5.74) is 22.8. The number of nitrogens with zero attached hydrogens (tertiary/aromatic N) is 1. The average Bonchev–Trinajstić information content (AvgIpc) is 3.68. The van der Waals surface area contributed by atoms with E-state index in [2.05, 4.69) is 247 Å². The van der Waals surface area contributed by atoms with Gasteiger partial charge in [-0.1, -0.05) is 212 Å². The highest BCUT2D eigenvalue weighted by molar-refractivity contribution is 6.09. The maximum Gasteiger partial charge on any atom is 0.0546 e. The summed E-state index contributed by atoms with van der Waals surface area (Å²) < 4.78 is 0. The van der Waals surface area contributed by atoms with Gasteiger partial charge in [0.2, 0.25) is 0 Å². The van der Waals surface area contributed by atoms with Crippen LogP contribution in [0.5, 0.6) is 0 Å². The lowest BCUT2D eigenvalue weighted by atomic mass is 9.81. The predicted octanol–water partition coefficient (Wildman–Crippen LogP) is 17.2. The molecule has 0 amide bonds. The summed E-state index contributed by atoms with van der Waals surface area (Å²) in [6, 6.07) is 73.0. The van der Waals surface area contributed by atoms with Gasteiger partial charge in [-0.3, -0.25) is 0 Å². The highest BCUT2D eigenvalue weighted by Gasteiger charge is 2.38. The maximum atomic E-state index is 2.51. The van der Waals surface area contributed by atoms with Crippen molar-refractivity contribution in [2.24, 2.45) is 0 Å². The van der Waals surface area contributed by atoms with Crippen molar-refractivity contribution in [3.8, 4) is 55.6 Å². The van der Waals surface area contributed by atoms with Crippen LogP contribution < -0.4 is 4.90 Å². The third-order valence-corrected chi connectivity index (χ3v) is 14.3. The van der Waals surface area contributed by atoms with Crippen molar-refractivity contribution in [3.05, 3.63) is 222 Å². The lowest BCUT2D eigenvalue weighted by Gasteiger charge is -2.30. The Morgan fingerprint density at radius 2 is 0.889 bits per heavy atom. The van der Waals surface area contributed by atoms with Crippen LogP contribution in [-0.4, -0.2) is 0 Å². The number of hydrogen-bond donors (Lipinski definition) is 0. The van der Waals surface area contributed by atoms with E-state index in [-0.39, 0.29) is 16.2 Å². The summed E-state index contributed by atoms with van der Waals surface area (Å²) in [5.74, 6) is 0. The second kappa shape index (κ2) is 14.3. The molecule has 63 heavy (non-hydrogen) atoms. The van der Waals surface area contributed by atoms with E-state index in [0.717, 1.165) is 17.1 Å². The minimum absolute atomic E-state index is 0.0876. The number of anilines is 3. The number of benzene rings is 9. The lowest BCUT2D eigenvalue weighted by molar-refractivity contribution is 0.590. The molecule has 0 saturated heterocycles. The number of fused-ring (bicyclic) bond motifs is 7. The highest BCUT2D eigenvalue weighted by atomic mass is 15.1. The van der Waals surface area contributed by atoms with Crippen molar-refractivity contribution in [3.63, 3.8) is 0 Å². The Balaban J connectivity index is 1.15. The fourth-order valence-corrected chi connectivity index (χ4v) is 10.9. The fourth-order valence-electron chi connectivity index (χ4n) is 10.9. The van der Waals surface area contributed by atoms with Gasteiger partial charge >= 0.3 is 0 Å². The van der Waals surface area contributed by atoms with Gasteiger partial charge in [0.1, 0.15) is 0 Å². The zero-order valence-electron chi connectivity index (χ0n) is 37.4. The molecule has 11 rings (SSSR count). The SMILES string of the molecule is CC(C)(C)c1ccc(-c2ccc(N(c3ccc4c(c3)-c3ccccc3C4(C)C)c3ccc4ccccc4c3-c3ccccc3-c3cccc4c3-c3ccccc3C4(C)C)cc2)cc1. The third kappa shape index (κ3) is 6.12. The molecule has 306 valence electrons. The predicted molar refractivity (Wildman–Crippen MR) is 269 cm³/mol. The van der Waals surface area contributed by atoms with E-state index in [1.54, 1.807) is 0 Å². The summed E-state index contributed by atoms with van der Waals surface area (Å²) in [4.78, 5) is 2.51. The van der Waals surface area contributed by atoms with Crippen LogP contribution in [0, 0.1) is 0 Å². The van der Waals surface area contributed by atoms with E-state index >= 15 is 0 Å². The third-order valence-electron chi connectivity index (χ3n) is 14.3. The normalized spacial score (nSPS) is 14.2. The summed E-state index contributed by atoms with van der Waals surface area (Å²) in [5, 5.41) is 2.44. The Labute approximate surface area is 373 Å². The second-order valence-corrected chi connectivity index (χ2v) is 19.7. The van der Waals surface area contributed by atoms with Crippen molar-refractivity contribution < 1.29 is 0 Å². The van der Waals surface area contributed by atoms with Gasteiger partial charge in [-0.05, 0) is 124 Å². The van der Waals surface area contributed by atoms with Crippen LogP contribution >= 0.6 is 0 Å². The molecule has 0 atom stereocenters. The molecule has 0 unspecified atom stereocenters. The maximum absolute atomic E-state index is 2.51. The molecule has 1 nitrogen and oxygen atoms in total. The van der Waals surface area contributed by atoms with E-state index in [1.807, 2.05) is 0 Å². The number of rotatable bonds is 6. The molecule has 0 fully saturated rings. The molecule has 9 aromatic rings. The Morgan fingerprint density at radius 1 is 0.365 bits per heavy atom. The molecular weight excluding hydrogens is 759 g/mol. The van der Waals surface area contributed by atoms with Crippen LogP contribution in [0.15, 0.2) is 194 Å². The quantitative estimate of drug-likeness (QED) is 0.162. The molecular formula is C62H53N.